The lowest BCUT2D eigenvalue weighted by atomic mass is 10.1. The normalized spacial score (nSPS) is 13.1. The quantitative estimate of drug-likeness (QED) is 0.227. The lowest BCUT2D eigenvalue weighted by Crippen LogP contribution is -2.14. The summed E-state index contributed by atoms with van der Waals surface area (Å²) in [5, 5.41) is 15.1. The largest absolute Gasteiger partial charge is 0.477 e. The maximum atomic E-state index is 14.1. The fourth-order valence-corrected chi connectivity index (χ4v) is 8.02. The molecule has 0 radical (unpaired) electrons. The minimum absolute atomic E-state index is 0.0230. The number of hydrogen-bond acceptors (Lipinski definition) is 6. The van der Waals surface area contributed by atoms with E-state index in [0.29, 0.717) is 10.9 Å². The standard InChI is InChI=1S/C28H26N3O4PS/c1-4-35-36(34,24-11-6-18(2)14-19(24)3)17-22-15-25(37-27(22)28(32)33)21-9-7-20(8-10-21)23-16-26-29-12-5-13-31(26)30-23/h5-16H,4,17H2,1-3H3,(H,32,33). The number of carbonyl (C=O) groups is 1. The van der Waals surface area contributed by atoms with E-state index in [1.807, 2.05) is 80.7 Å². The lowest BCUT2D eigenvalue weighted by Gasteiger charge is -2.20. The highest BCUT2D eigenvalue weighted by molar-refractivity contribution is 7.66. The molecule has 9 heteroatoms. The van der Waals surface area contributed by atoms with Crippen LogP contribution >= 0.6 is 18.7 Å². The average molecular weight is 532 g/mol. The summed E-state index contributed by atoms with van der Waals surface area (Å²) < 4.78 is 21.6. The Kier molecular flexibility index (Phi) is 6.82. The molecular formula is C28H26N3O4PS. The number of thiophene rings is 1. The van der Waals surface area contributed by atoms with Crippen LogP contribution in [0.4, 0.5) is 0 Å². The van der Waals surface area contributed by atoms with E-state index < -0.39 is 13.3 Å². The number of aromatic nitrogens is 3. The van der Waals surface area contributed by atoms with Gasteiger partial charge in [-0.25, -0.2) is 14.3 Å². The van der Waals surface area contributed by atoms with Crippen LogP contribution in [-0.4, -0.2) is 32.3 Å². The summed E-state index contributed by atoms with van der Waals surface area (Å²) in [6.07, 6.45) is 3.60. The first-order valence-electron chi connectivity index (χ1n) is 11.9. The van der Waals surface area contributed by atoms with Crippen LogP contribution in [0.1, 0.15) is 33.3 Å². The van der Waals surface area contributed by atoms with Crippen LogP contribution in [0, 0.1) is 13.8 Å². The number of fused-ring (bicyclic) bond motifs is 1. The molecule has 1 unspecified atom stereocenters. The second kappa shape index (κ2) is 10.1. The van der Waals surface area contributed by atoms with Crippen molar-refractivity contribution >= 4 is 35.6 Å². The zero-order valence-electron chi connectivity index (χ0n) is 20.7. The van der Waals surface area contributed by atoms with Gasteiger partial charge in [0.1, 0.15) is 4.88 Å². The van der Waals surface area contributed by atoms with E-state index >= 15 is 0 Å². The highest BCUT2D eigenvalue weighted by Crippen LogP contribution is 2.51. The topological polar surface area (TPSA) is 93.8 Å². The second-order valence-electron chi connectivity index (χ2n) is 8.84. The van der Waals surface area contributed by atoms with Crippen LogP contribution in [0.5, 0.6) is 0 Å². The Balaban J connectivity index is 1.48. The van der Waals surface area contributed by atoms with Gasteiger partial charge >= 0.3 is 5.97 Å². The zero-order chi connectivity index (χ0) is 26.2. The molecule has 0 amide bonds. The van der Waals surface area contributed by atoms with E-state index in [0.717, 1.165) is 38.5 Å². The van der Waals surface area contributed by atoms with Crippen molar-refractivity contribution in [3.05, 3.63) is 94.6 Å². The predicted octanol–water partition coefficient (Wildman–Crippen LogP) is 6.58. The minimum Gasteiger partial charge on any atom is -0.477 e. The van der Waals surface area contributed by atoms with Crippen molar-refractivity contribution < 1.29 is 19.0 Å². The van der Waals surface area contributed by atoms with Crippen molar-refractivity contribution in [3.8, 4) is 21.7 Å². The molecule has 0 fully saturated rings. The Morgan fingerprint density at radius 2 is 1.84 bits per heavy atom. The molecule has 0 saturated heterocycles. The Morgan fingerprint density at radius 1 is 1.08 bits per heavy atom. The molecule has 188 valence electrons. The first-order chi connectivity index (χ1) is 17.8. The van der Waals surface area contributed by atoms with Crippen molar-refractivity contribution in [2.75, 3.05) is 6.61 Å². The van der Waals surface area contributed by atoms with Crippen LogP contribution in [-0.2, 0) is 15.3 Å². The molecule has 5 aromatic rings. The van der Waals surface area contributed by atoms with Gasteiger partial charge in [0, 0.05) is 34.2 Å². The lowest BCUT2D eigenvalue weighted by molar-refractivity contribution is 0.0701. The minimum atomic E-state index is -3.33. The van der Waals surface area contributed by atoms with Gasteiger partial charge in [0.05, 0.1) is 18.5 Å². The Labute approximate surface area is 218 Å². The van der Waals surface area contributed by atoms with Gasteiger partial charge in [0.2, 0.25) is 7.37 Å². The summed E-state index contributed by atoms with van der Waals surface area (Å²) in [5.41, 5.74) is 5.83. The molecule has 5 rings (SSSR count). The fourth-order valence-electron chi connectivity index (χ4n) is 4.47. The molecular weight excluding hydrogens is 505 g/mol. The summed E-state index contributed by atoms with van der Waals surface area (Å²) >= 11 is 1.18. The maximum Gasteiger partial charge on any atom is 0.346 e. The van der Waals surface area contributed by atoms with Crippen molar-refractivity contribution in [3.63, 3.8) is 0 Å². The predicted molar refractivity (Wildman–Crippen MR) is 147 cm³/mol. The highest BCUT2D eigenvalue weighted by atomic mass is 32.1. The molecule has 1 N–H and O–H groups in total. The number of carboxylic acid groups (broad SMARTS) is 1. The van der Waals surface area contributed by atoms with Gasteiger partial charge in [-0.2, -0.15) is 5.10 Å². The van der Waals surface area contributed by atoms with Crippen molar-refractivity contribution in [2.24, 2.45) is 0 Å². The molecule has 2 aromatic carbocycles. The van der Waals surface area contributed by atoms with Gasteiger partial charge in [-0.15, -0.1) is 11.3 Å². The van der Waals surface area contributed by atoms with Crippen LogP contribution in [0.2, 0.25) is 0 Å². The van der Waals surface area contributed by atoms with Gasteiger partial charge in [-0.3, -0.25) is 4.57 Å². The monoisotopic (exact) mass is 531 g/mol. The van der Waals surface area contributed by atoms with Crippen molar-refractivity contribution in [1.29, 1.82) is 0 Å². The third-order valence-corrected chi connectivity index (χ3v) is 10.0. The number of nitrogens with zero attached hydrogens (tertiary/aromatic N) is 3. The van der Waals surface area contributed by atoms with Gasteiger partial charge < -0.3 is 9.63 Å². The molecule has 0 aliphatic heterocycles. The molecule has 37 heavy (non-hydrogen) atoms. The number of hydrogen-bond donors (Lipinski definition) is 1. The van der Waals surface area contributed by atoms with E-state index in [1.54, 1.807) is 17.6 Å². The Morgan fingerprint density at radius 3 is 2.51 bits per heavy atom. The molecule has 0 aliphatic carbocycles. The van der Waals surface area contributed by atoms with Crippen LogP contribution in [0.3, 0.4) is 0 Å². The Bertz CT molecular complexity index is 1620. The number of aryl methyl sites for hydroxylation is 2. The van der Waals surface area contributed by atoms with E-state index in [9.17, 15) is 14.5 Å². The third kappa shape index (κ3) is 5.01. The van der Waals surface area contributed by atoms with E-state index in [4.69, 9.17) is 4.52 Å². The van der Waals surface area contributed by atoms with Gasteiger partial charge in [0.25, 0.3) is 0 Å². The fraction of sp³-hybridized carbons (Fsp3) is 0.179. The third-order valence-electron chi connectivity index (χ3n) is 6.14. The SMILES string of the molecule is CCOP(=O)(Cc1cc(-c2ccc(-c3cc4ncccn4n3)cc2)sc1C(=O)O)c1ccc(C)cc1C. The van der Waals surface area contributed by atoms with Crippen LogP contribution in [0.25, 0.3) is 27.3 Å². The van der Waals surface area contributed by atoms with Crippen molar-refractivity contribution in [1.82, 2.24) is 14.6 Å². The molecule has 0 aliphatic rings. The van der Waals surface area contributed by atoms with Crippen LogP contribution < -0.4 is 5.30 Å². The number of aromatic carboxylic acids is 1. The summed E-state index contributed by atoms with van der Waals surface area (Å²) in [6, 6.07) is 19.1. The second-order valence-corrected chi connectivity index (χ2v) is 12.3. The van der Waals surface area contributed by atoms with E-state index in [-0.39, 0.29) is 17.6 Å². The zero-order valence-corrected chi connectivity index (χ0v) is 22.4. The maximum absolute atomic E-state index is 14.1. The number of carboxylic acids is 1. The number of benzene rings is 2. The summed E-state index contributed by atoms with van der Waals surface area (Å²) in [6.45, 7) is 5.96. The first kappa shape index (κ1) is 25.1. The summed E-state index contributed by atoms with van der Waals surface area (Å²) in [5.74, 6) is -1.04. The number of rotatable bonds is 8. The summed E-state index contributed by atoms with van der Waals surface area (Å²) in [4.78, 5) is 17.4. The smallest absolute Gasteiger partial charge is 0.346 e. The van der Waals surface area contributed by atoms with Crippen LogP contribution in [0.15, 0.2) is 73.1 Å². The molecule has 0 saturated carbocycles. The average Bonchev–Trinajstić information content (AvgIpc) is 3.48. The van der Waals surface area contributed by atoms with E-state index in [2.05, 4.69) is 10.1 Å². The molecule has 7 nitrogen and oxygen atoms in total. The molecule has 3 heterocycles. The summed E-state index contributed by atoms with van der Waals surface area (Å²) in [7, 11) is -3.33. The Hall–Kier alpha value is -3.58. The van der Waals surface area contributed by atoms with Gasteiger partial charge in [-0.05, 0) is 55.7 Å². The van der Waals surface area contributed by atoms with E-state index in [1.165, 1.54) is 11.3 Å². The molecule has 3 aromatic heterocycles. The van der Waals surface area contributed by atoms with Gasteiger partial charge in [0.15, 0.2) is 5.65 Å². The first-order valence-corrected chi connectivity index (χ1v) is 14.5. The van der Waals surface area contributed by atoms with Crippen molar-refractivity contribution in [2.45, 2.75) is 26.9 Å². The molecule has 1 atom stereocenters. The van der Waals surface area contributed by atoms with Gasteiger partial charge in [-0.1, -0.05) is 42.0 Å². The highest BCUT2D eigenvalue weighted by Gasteiger charge is 2.31. The molecule has 0 spiro atoms. The molecule has 0 bridgehead atoms.